The minimum Gasteiger partial charge on any atom is -0.356 e. The van der Waals surface area contributed by atoms with Crippen LogP contribution in [0.1, 0.15) is 12.0 Å². The van der Waals surface area contributed by atoms with Gasteiger partial charge in [-0.15, -0.1) is 11.8 Å². The number of benzene rings is 2. The van der Waals surface area contributed by atoms with Crippen molar-refractivity contribution in [2.75, 3.05) is 23.8 Å². The third kappa shape index (κ3) is 7.03. The maximum absolute atomic E-state index is 11.7. The SMILES string of the molecule is O=[N+]([O-])c1ccc(CN=C(NCCSc2ccccc2)NC2CCS(=O)(=O)C2)cc1. The van der Waals surface area contributed by atoms with Crippen molar-refractivity contribution in [3.05, 3.63) is 70.3 Å². The first-order valence-electron chi connectivity index (χ1n) is 9.58. The number of guanidine groups is 1. The largest absolute Gasteiger partial charge is 0.356 e. The van der Waals surface area contributed by atoms with Crippen LogP contribution in [0.15, 0.2) is 64.5 Å². The lowest BCUT2D eigenvalue weighted by molar-refractivity contribution is -0.384. The zero-order chi connectivity index (χ0) is 21.4. The molecule has 1 unspecified atom stereocenters. The molecule has 0 amide bonds. The van der Waals surface area contributed by atoms with Gasteiger partial charge in [0.1, 0.15) is 0 Å². The standard InChI is InChI=1S/C20H24N4O4S2/c25-24(26)18-8-6-16(7-9-18)14-22-20(23-17-10-13-30(27,28)15-17)21-11-12-29-19-4-2-1-3-5-19/h1-9,17H,10-15H2,(H2,21,22,23). The number of nitrogens with zero attached hydrogens (tertiary/aromatic N) is 2. The molecule has 0 aromatic heterocycles. The first kappa shape index (κ1) is 22.1. The van der Waals surface area contributed by atoms with Gasteiger partial charge in [0.2, 0.25) is 0 Å². The van der Waals surface area contributed by atoms with E-state index >= 15 is 0 Å². The molecule has 1 fully saturated rings. The van der Waals surface area contributed by atoms with Crippen LogP contribution in [0.25, 0.3) is 0 Å². The minimum absolute atomic E-state index is 0.0355. The van der Waals surface area contributed by atoms with E-state index < -0.39 is 14.8 Å². The highest BCUT2D eigenvalue weighted by molar-refractivity contribution is 7.99. The lowest BCUT2D eigenvalue weighted by atomic mass is 10.2. The maximum atomic E-state index is 11.7. The Labute approximate surface area is 180 Å². The zero-order valence-corrected chi connectivity index (χ0v) is 18.0. The molecule has 1 heterocycles. The number of aliphatic imine (C=N–C) groups is 1. The highest BCUT2D eigenvalue weighted by atomic mass is 32.2. The number of rotatable bonds is 8. The molecule has 1 atom stereocenters. The molecule has 1 aliphatic rings. The fourth-order valence-corrected chi connectivity index (χ4v) is 5.47. The number of thioether (sulfide) groups is 1. The van der Waals surface area contributed by atoms with Gasteiger partial charge in [-0.1, -0.05) is 30.3 Å². The summed E-state index contributed by atoms with van der Waals surface area (Å²) < 4.78 is 23.5. The van der Waals surface area contributed by atoms with Gasteiger partial charge in [-0.2, -0.15) is 0 Å². The van der Waals surface area contributed by atoms with E-state index in [0.29, 0.717) is 25.5 Å². The van der Waals surface area contributed by atoms with Crippen molar-refractivity contribution in [2.45, 2.75) is 23.9 Å². The Bertz CT molecular complexity index is 980. The van der Waals surface area contributed by atoms with E-state index in [0.717, 1.165) is 11.3 Å². The van der Waals surface area contributed by atoms with E-state index in [1.165, 1.54) is 17.0 Å². The molecule has 0 spiro atoms. The molecule has 30 heavy (non-hydrogen) atoms. The van der Waals surface area contributed by atoms with Gasteiger partial charge in [-0.3, -0.25) is 10.1 Å². The summed E-state index contributed by atoms with van der Waals surface area (Å²) in [4.78, 5) is 16.1. The number of nitro benzene ring substituents is 1. The molecule has 0 bridgehead atoms. The van der Waals surface area contributed by atoms with Gasteiger partial charge >= 0.3 is 0 Å². The van der Waals surface area contributed by atoms with Crippen LogP contribution in [0.2, 0.25) is 0 Å². The Morgan fingerprint density at radius 3 is 2.53 bits per heavy atom. The molecule has 2 N–H and O–H groups in total. The van der Waals surface area contributed by atoms with Gasteiger partial charge in [0, 0.05) is 35.4 Å². The summed E-state index contributed by atoms with van der Waals surface area (Å²) >= 11 is 1.72. The summed E-state index contributed by atoms with van der Waals surface area (Å²) in [6.45, 7) is 0.990. The molecule has 0 radical (unpaired) electrons. The second-order valence-electron chi connectivity index (χ2n) is 6.92. The average Bonchev–Trinajstić information content (AvgIpc) is 3.08. The summed E-state index contributed by atoms with van der Waals surface area (Å²) in [6.07, 6.45) is 0.555. The van der Waals surface area contributed by atoms with Crippen LogP contribution in [0.3, 0.4) is 0 Å². The van der Waals surface area contributed by atoms with E-state index in [1.54, 1.807) is 23.9 Å². The summed E-state index contributed by atoms with van der Waals surface area (Å²) in [5, 5.41) is 17.3. The van der Waals surface area contributed by atoms with Crippen LogP contribution < -0.4 is 10.6 Å². The molecular weight excluding hydrogens is 424 g/mol. The molecular formula is C20H24N4O4S2. The third-order valence-electron chi connectivity index (χ3n) is 4.55. The van der Waals surface area contributed by atoms with Crippen molar-refractivity contribution in [3.8, 4) is 0 Å². The van der Waals surface area contributed by atoms with Gasteiger partial charge in [0.25, 0.3) is 5.69 Å². The molecule has 2 aromatic carbocycles. The lowest BCUT2D eigenvalue weighted by Crippen LogP contribution is -2.44. The lowest BCUT2D eigenvalue weighted by Gasteiger charge is -2.16. The van der Waals surface area contributed by atoms with E-state index in [9.17, 15) is 18.5 Å². The van der Waals surface area contributed by atoms with Crippen molar-refractivity contribution in [1.82, 2.24) is 10.6 Å². The number of non-ortho nitro benzene ring substituents is 1. The number of nitro groups is 1. The van der Waals surface area contributed by atoms with Crippen molar-refractivity contribution in [3.63, 3.8) is 0 Å². The number of nitrogens with one attached hydrogen (secondary N) is 2. The second kappa shape index (κ2) is 10.4. The highest BCUT2D eigenvalue weighted by Gasteiger charge is 2.28. The van der Waals surface area contributed by atoms with Gasteiger partial charge in [0.05, 0.1) is 23.0 Å². The quantitative estimate of drug-likeness (QED) is 0.159. The van der Waals surface area contributed by atoms with Gasteiger partial charge in [-0.25, -0.2) is 13.4 Å². The maximum Gasteiger partial charge on any atom is 0.269 e. The monoisotopic (exact) mass is 448 g/mol. The van der Waals surface area contributed by atoms with Crippen LogP contribution in [-0.4, -0.2) is 49.1 Å². The van der Waals surface area contributed by atoms with Gasteiger partial charge in [0.15, 0.2) is 15.8 Å². The Balaban J connectivity index is 1.59. The Hall–Kier alpha value is -2.59. The highest BCUT2D eigenvalue weighted by Crippen LogP contribution is 2.16. The number of sulfone groups is 1. The Morgan fingerprint density at radius 1 is 1.17 bits per heavy atom. The predicted molar refractivity (Wildman–Crippen MR) is 120 cm³/mol. The summed E-state index contributed by atoms with van der Waals surface area (Å²) in [5.74, 6) is 1.66. The van der Waals surface area contributed by atoms with Crippen LogP contribution in [0.4, 0.5) is 5.69 Å². The molecule has 0 aliphatic carbocycles. The first-order chi connectivity index (χ1) is 14.4. The van der Waals surface area contributed by atoms with Crippen molar-refractivity contribution in [1.29, 1.82) is 0 Å². The summed E-state index contributed by atoms with van der Waals surface area (Å²) in [6, 6.07) is 16.1. The Morgan fingerprint density at radius 2 is 1.90 bits per heavy atom. The van der Waals surface area contributed by atoms with Crippen LogP contribution in [0.5, 0.6) is 0 Å². The molecule has 1 saturated heterocycles. The van der Waals surface area contributed by atoms with Crippen molar-refractivity contribution < 1.29 is 13.3 Å². The molecule has 3 rings (SSSR count). The number of hydrogen-bond donors (Lipinski definition) is 2. The molecule has 0 saturated carbocycles. The summed E-state index contributed by atoms with van der Waals surface area (Å²) in [7, 11) is -3.00. The first-order valence-corrected chi connectivity index (χ1v) is 12.4. The second-order valence-corrected chi connectivity index (χ2v) is 10.3. The molecule has 2 aromatic rings. The average molecular weight is 449 g/mol. The van der Waals surface area contributed by atoms with Gasteiger partial charge in [-0.05, 0) is 24.1 Å². The fraction of sp³-hybridized carbons (Fsp3) is 0.350. The molecule has 160 valence electrons. The number of hydrogen-bond acceptors (Lipinski definition) is 6. The molecule has 10 heteroatoms. The summed E-state index contributed by atoms with van der Waals surface area (Å²) in [5.41, 5.74) is 0.868. The third-order valence-corrected chi connectivity index (χ3v) is 7.33. The normalized spacial score (nSPS) is 18.1. The van der Waals surface area contributed by atoms with Crippen LogP contribution in [-0.2, 0) is 16.4 Å². The predicted octanol–water partition coefficient (Wildman–Crippen LogP) is 2.61. The van der Waals surface area contributed by atoms with E-state index in [2.05, 4.69) is 27.8 Å². The van der Waals surface area contributed by atoms with E-state index in [1.807, 2.05) is 18.2 Å². The van der Waals surface area contributed by atoms with Crippen molar-refractivity contribution in [2.24, 2.45) is 4.99 Å². The molecule has 8 nitrogen and oxygen atoms in total. The molecule has 1 aliphatic heterocycles. The van der Waals surface area contributed by atoms with Crippen LogP contribution >= 0.6 is 11.8 Å². The fourth-order valence-electron chi connectivity index (χ4n) is 3.00. The zero-order valence-electron chi connectivity index (χ0n) is 16.4. The minimum atomic E-state index is -3.00. The smallest absolute Gasteiger partial charge is 0.269 e. The van der Waals surface area contributed by atoms with Gasteiger partial charge < -0.3 is 10.6 Å². The van der Waals surface area contributed by atoms with E-state index in [-0.39, 0.29) is 23.2 Å². The Kier molecular flexibility index (Phi) is 7.69. The van der Waals surface area contributed by atoms with E-state index in [4.69, 9.17) is 0 Å². The van der Waals surface area contributed by atoms with Crippen LogP contribution in [0, 0.1) is 10.1 Å². The van der Waals surface area contributed by atoms with Crippen molar-refractivity contribution >= 4 is 33.2 Å². The topological polar surface area (TPSA) is 114 Å².